The molecule has 1 aromatic rings. The number of anilines is 1. The van der Waals surface area contributed by atoms with E-state index in [0.29, 0.717) is 10.3 Å². The molecular formula is C11H13IN2O. The van der Waals surface area contributed by atoms with Gasteiger partial charge in [0.25, 0.3) is 0 Å². The lowest BCUT2D eigenvalue weighted by Crippen LogP contribution is -2.23. The highest BCUT2D eigenvalue weighted by Crippen LogP contribution is 2.27. The molecule has 80 valence electrons. The molecule has 0 aromatic carbocycles. The molecule has 15 heavy (non-hydrogen) atoms. The van der Waals surface area contributed by atoms with Crippen LogP contribution < -0.4 is 4.90 Å². The van der Waals surface area contributed by atoms with Gasteiger partial charge in [0.2, 0.25) is 5.91 Å². The summed E-state index contributed by atoms with van der Waals surface area (Å²) in [5.41, 5.74) is 2.12. The molecule has 1 saturated heterocycles. The van der Waals surface area contributed by atoms with Crippen molar-refractivity contribution in [2.45, 2.75) is 23.7 Å². The predicted octanol–water partition coefficient (Wildman–Crippen LogP) is 2.70. The standard InChI is InChI=1S/C11H13IN2O/c1-8(12)9-5-10(7-13-6-9)14-4-2-3-11(14)15/h5-8H,2-4H2,1H3. The van der Waals surface area contributed by atoms with Gasteiger partial charge in [-0.3, -0.25) is 9.78 Å². The molecule has 2 rings (SSSR count). The van der Waals surface area contributed by atoms with E-state index in [-0.39, 0.29) is 5.91 Å². The highest BCUT2D eigenvalue weighted by atomic mass is 127. The van der Waals surface area contributed by atoms with Crippen LogP contribution in [0.5, 0.6) is 0 Å². The zero-order valence-corrected chi connectivity index (χ0v) is 10.8. The molecule has 1 unspecified atom stereocenters. The van der Waals surface area contributed by atoms with Crippen molar-refractivity contribution >= 4 is 34.2 Å². The lowest BCUT2D eigenvalue weighted by Gasteiger charge is -2.16. The van der Waals surface area contributed by atoms with Gasteiger partial charge in [-0.05, 0) is 25.0 Å². The normalized spacial score (nSPS) is 18.3. The van der Waals surface area contributed by atoms with Gasteiger partial charge in [0.15, 0.2) is 0 Å². The van der Waals surface area contributed by atoms with Crippen LogP contribution in [0.15, 0.2) is 18.5 Å². The number of aromatic nitrogens is 1. The van der Waals surface area contributed by atoms with E-state index in [1.807, 2.05) is 11.1 Å². The highest BCUT2D eigenvalue weighted by Gasteiger charge is 2.22. The van der Waals surface area contributed by atoms with Gasteiger partial charge in [0, 0.05) is 23.1 Å². The van der Waals surface area contributed by atoms with Gasteiger partial charge in [-0.2, -0.15) is 0 Å². The Morgan fingerprint density at radius 1 is 1.53 bits per heavy atom. The van der Waals surface area contributed by atoms with E-state index in [2.05, 4.69) is 40.6 Å². The van der Waals surface area contributed by atoms with E-state index in [4.69, 9.17) is 0 Å². The van der Waals surface area contributed by atoms with Crippen molar-refractivity contribution in [2.75, 3.05) is 11.4 Å². The Hall–Kier alpha value is -0.650. The van der Waals surface area contributed by atoms with Gasteiger partial charge in [-0.1, -0.05) is 22.6 Å². The monoisotopic (exact) mass is 316 g/mol. The molecule has 1 fully saturated rings. The van der Waals surface area contributed by atoms with Gasteiger partial charge in [0.05, 0.1) is 11.9 Å². The first-order chi connectivity index (χ1) is 7.18. The van der Waals surface area contributed by atoms with Crippen LogP contribution in [0.1, 0.15) is 29.3 Å². The number of hydrogen-bond acceptors (Lipinski definition) is 2. The average molecular weight is 316 g/mol. The zero-order valence-electron chi connectivity index (χ0n) is 8.61. The van der Waals surface area contributed by atoms with E-state index in [1.54, 1.807) is 6.20 Å². The average Bonchev–Trinajstić information content (AvgIpc) is 2.64. The molecule has 0 aliphatic carbocycles. The number of amides is 1. The summed E-state index contributed by atoms with van der Waals surface area (Å²) < 4.78 is 0.424. The molecule has 0 radical (unpaired) electrons. The van der Waals surface area contributed by atoms with Crippen molar-refractivity contribution in [3.63, 3.8) is 0 Å². The fourth-order valence-electron chi connectivity index (χ4n) is 1.73. The first-order valence-corrected chi connectivity index (χ1v) is 6.32. The first kappa shape index (κ1) is 10.9. The lowest BCUT2D eigenvalue weighted by atomic mass is 10.2. The number of carbonyl (C=O) groups is 1. The highest BCUT2D eigenvalue weighted by molar-refractivity contribution is 14.1. The van der Waals surface area contributed by atoms with Crippen molar-refractivity contribution in [3.05, 3.63) is 24.0 Å². The second-order valence-electron chi connectivity index (χ2n) is 3.74. The van der Waals surface area contributed by atoms with Gasteiger partial charge in [-0.25, -0.2) is 0 Å². The molecule has 0 spiro atoms. The maximum atomic E-state index is 11.6. The minimum atomic E-state index is 0.218. The van der Waals surface area contributed by atoms with Crippen molar-refractivity contribution in [1.29, 1.82) is 0 Å². The summed E-state index contributed by atoms with van der Waals surface area (Å²) in [6.45, 7) is 2.95. The Balaban J connectivity index is 2.28. The molecule has 3 nitrogen and oxygen atoms in total. The van der Waals surface area contributed by atoms with Crippen molar-refractivity contribution in [3.8, 4) is 0 Å². The molecule has 1 amide bonds. The Kier molecular flexibility index (Phi) is 3.23. The van der Waals surface area contributed by atoms with Crippen molar-refractivity contribution in [2.24, 2.45) is 0 Å². The van der Waals surface area contributed by atoms with Crippen LogP contribution in [-0.4, -0.2) is 17.4 Å². The number of pyridine rings is 1. The number of nitrogens with zero attached hydrogens (tertiary/aromatic N) is 2. The maximum Gasteiger partial charge on any atom is 0.227 e. The molecular weight excluding hydrogens is 303 g/mol. The predicted molar refractivity (Wildman–Crippen MR) is 68.3 cm³/mol. The minimum Gasteiger partial charge on any atom is -0.311 e. The van der Waals surface area contributed by atoms with E-state index >= 15 is 0 Å². The van der Waals surface area contributed by atoms with Crippen molar-refractivity contribution < 1.29 is 4.79 Å². The summed E-state index contributed by atoms with van der Waals surface area (Å²) in [7, 11) is 0. The van der Waals surface area contributed by atoms with E-state index in [9.17, 15) is 4.79 Å². The Bertz CT molecular complexity index is 379. The third-order valence-electron chi connectivity index (χ3n) is 2.59. The fourth-order valence-corrected chi connectivity index (χ4v) is 2.07. The molecule has 2 heterocycles. The molecule has 4 heteroatoms. The minimum absolute atomic E-state index is 0.218. The Morgan fingerprint density at radius 3 is 2.93 bits per heavy atom. The van der Waals surface area contributed by atoms with Crippen LogP contribution in [0.2, 0.25) is 0 Å². The zero-order chi connectivity index (χ0) is 10.8. The summed E-state index contributed by atoms with van der Waals surface area (Å²) in [5, 5.41) is 0. The van der Waals surface area contributed by atoms with Gasteiger partial charge in [0.1, 0.15) is 0 Å². The third-order valence-corrected chi connectivity index (χ3v) is 3.31. The van der Waals surface area contributed by atoms with E-state index < -0.39 is 0 Å². The number of alkyl halides is 1. The first-order valence-electron chi connectivity index (χ1n) is 5.08. The third kappa shape index (κ3) is 2.30. The van der Waals surface area contributed by atoms with Crippen LogP contribution in [0.25, 0.3) is 0 Å². The second kappa shape index (κ2) is 4.47. The van der Waals surface area contributed by atoms with Crippen LogP contribution in [0, 0.1) is 0 Å². The SMILES string of the molecule is CC(I)c1cncc(N2CCCC2=O)c1. The number of halogens is 1. The molecule has 1 aliphatic heterocycles. The van der Waals surface area contributed by atoms with Gasteiger partial charge < -0.3 is 4.90 Å². The summed E-state index contributed by atoms with van der Waals surface area (Å²) in [5.74, 6) is 0.218. The van der Waals surface area contributed by atoms with Gasteiger partial charge >= 0.3 is 0 Å². The van der Waals surface area contributed by atoms with Gasteiger partial charge in [-0.15, -0.1) is 0 Å². The molecule has 0 bridgehead atoms. The quantitative estimate of drug-likeness (QED) is 0.621. The van der Waals surface area contributed by atoms with Crippen molar-refractivity contribution in [1.82, 2.24) is 4.98 Å². The smallest absolute Gasteiger partial charge is 0.227 e. The van der Waals surface area contributed by atoms with Crippen LogP contribution in [-0.2, 0) is 4.79 Å². The maximum absolute atomic E-state index is 11.6. The summed E-state index contributed by atoms with van der Waals surface area (Å²) >= 11 is 2.35. The van der Waals surface area contributed by atoms with E-state index in [0.717, 1.165) is 18.7 Å². The number of rotatable bonds is 2. The molecule has 0 N–H and O–H groups in total. The molecule has 1 aromatic heterocycles. The van der Waals surface area contributed by atoms with Crippen LogP contribution >= 0.6 is 22.6 Å². The lowest BCUT2D eigenvalue weighted by molar-refractivity contribution is -0.117. The number of hydrogen-bond donors (Lipinski definition) is 0. The Labute approximate surface area is 103 Å². The largest absolute Gasteiger partial charge is 0.311 e. The fraction of sp³-hybridized carbons (Fsp3) is 0.455. The molecule has 0 saturated carbocycles. The van der Waals surface area contributed by atoms with E-state index in [1.165, 1.54) is 5.56 Å². The second-order valence-corrected chi connectivity index (χ2v) is 5.61. The Morgan fingerprint density at radius 2 is 2.33 bits per heavy atom. The summed E-state index contributed by atoms with van der Waals surface area (Å²) in [6, 6.07) is 2.06. The number of carbonyl (C=O) groups excluding carboxylic acids is 1. The van der Waals surface area contributed by atoms with Crippen LogP contribution in [0.4, 0.5) is 5.69 Å². The topological polar surface area (TPSA) is 33.2 Å². The molecule has 1 aliphatic rings. The van der Waals surface area contributed by atoms with Crippen LogP contribution in [0.3, 0.4) is 0 Å². The summed E-state index contributed by atoms with van der Waals surface area (Å²) in [6.07, 6.45) is 5.26. The summed E-state index contributed by atoms with van der Waals surface area (Å²) in [4.78, 5) is 17.6. The molecule has 1 atom stereocenters.